The molecule has 3 nitrogen and oxygen atoms in total. The number of carbonyl (C=O) groups excluding carboxylic acids is 1. The quantitative estimate of drug-likeness (QED) is 0.723. The van der Waals surface area contributed by atoms with E-state index in [9.17, 15) is 9.18 Å². The van der Waals surface area contributed by atoms with Crippen molar-refractivity contribution in [3.63, 3.8) is 0 Å². The van der Waals surface area contributed by atoms with Crippen LogP contribution in [0.3, 0.4) is 0 Å². The van der Waals surface area contributed by atoms with Gasteiger partial charge in [-0.3, -0.25) is 4.79 Å². The van der Waals surface area contributed by atoms with Gasteiger partial charge in [-0.1, -0.05) is 0 Å². The summed E-state index contributed by atoms with van der Waals surface area (Å²) in [5, 5.41) is 0. The molecule has 0 amide bonds. The highest BCUT2D eigenvalue weighted by atomic mass is 19.1. The van der Waals surface area contributed by atoms with Crippen LogP contribution in [0.1, 0.15) is 24.2 Å². The minimum atomic E-state index is -0.447. The van der Waals surface area contributed by atoms with Crippen LogP contribution in [-0.4, -0.2) is 25.6 Å². The molecule has 1 atom stereocenters. The van der Waals surface area contributed by atoms with E-state index in [0.29, 0.717) is 12.4 Å². The monoisotopic (exact) mass is 226 g/mol. The number of hydrogen-bond acceptors (Lipinski definition) is 3. The van der Waals surface area contributed by atoms with Gasteiger partial charge in [0, 0.05) is 7.11 Å². The molecule has 0 saturated carbocycles. The van der Waals surface area contributed by atoms with Crippen molar-refractivity contribution in [2.45, 2.75) is 20.0 Å². The minimum Gasteiger partial charge on any atom is -0.490 e. The van der Waals surface area contributed by atoms with Crippen LogP contribution in [0, 0.1) is 5.82 Å². The van der Waals surface area contributed by atoms with Gasteiger partial charge in [0.2, 0.25) is 0 Å². The van der Waals surface area contributed by atoms with Crippen molar-refractivity contribution >= 4 is 5.78 Å². The van der Waals surface area contributed by atoms with Crippen LogP contribution < -0.4 is 4.74 Å². The van der Waals surface area contributed by atoms with Crippen LogP contribution in [0.2, 0.25) is 0 Å². The van der Waals surface area contributed by atoms with Crippen molar-refractivity contribution in [3.05, 3.63) is 29.6 Å². The fourth-order valence-electron chi connectivity index (χ4n) is 1.18. The largest absolute Gasteiger partial charge is 0.490 e. The van der Waals surface area contributed by atoms with Crippen molar-refractivity contribution < 1.29 is 18.7 Å². The Morgan fingerprint density at radius 2 is 2.19 bits per heavy atom. The van der Waals surface area contributed by atoms with E-state index >= 15 is 0 Å². The topological polar surface area (TPSA) is 35.5 Å². The second-order valence-corrected chi connectivity index (χ2v) is 3.55. The third-order valence-electron chi connectivity index (χ3n) is 2.20. The first kappa shape index (κ1) is 12.6. The van der Waals surface area contributed by atoms with Crippen LogP contribution in [0.5, 0.6) is 5.75 Å². The summed E-state index contributed by atoms with van der Waals surface area (Å²) in [4.78, 5) is 11.3. The van der Waals surface area contributed by atoms with E-state index in [-0.39, 0.29) is 17.5 Å². The molecule has 0 bridgehead atoms. The van der Waals surface area contributed by atoms with Gasteiger partial charge in [0.15, 0.2) is 5.78 Å². The van der Waals surface area contributed by atoms with E-state index in [2.05, 4.69) is 0 Å². The lowest BCUT2D eigenvalue weighted by atomic mass is 10.1. The fraction of sp³-hybridized carbons (Fsp3) is 0.417. The molecule has 0 aliphatic rings. The first-order valence-electron chi connectivity index (χ1n) is 5.00. The molecule has 88 valence electrons. The summed E-state index contributed by atoms with van der Waals surface area (Å²) in [6.45, 7) is 3.54. The van der Waals surface area contributed by atoms with Crippen molar-refractivity contribution in [1.82, 2.24) is 0 Å². The number of carbonyl (C=O) groups is 1. The van der Waals surface area contributed by atoms with E-state index in [4.69, 9.17) is 9.47 Å². The molecule has 1 aromatic carbocycles. The molecular formula is C12H15FO3. The van der Waals surface area contributed by atoms with Crippen molar-refractivity contribution in [3.8, 4) is 5.75 Å². The predicted molar refractivity (Wildman–Crippen MR) is 58.4 cm³/mol. The third-order valence-corrected chi connectivity index (χ3v) is 2.20. The summed E-state index contributed by atoms with van der Waals surface area (Å²) in [7, 11) is 1.57. The van der Waals surface area contributed by atoms with Gasteiger partial charge >= 0.3 is 0 Å². The van der Waals surface area contributed by atoms with Gasteiger partial charge in [-0.2, -0.15) is 0 Å². The molecule has 0 N–H and O–H groups in total. The molecule has 0 aliphatic heterocycles. The minimum absolute atomic E-state index is 0.0788. The highest BCUT2D eigenvalue weighted by Crippen LogP contribution is 2.20. The van der Waals surface area contributed by atoms with Gasteiger partial charge in [-0.25, -0.2) is 4.39 Å². The standard InChI is InChI=1S/C12H15FO3/c1-8(15-3)7-16-12-5-4-10(13)6-11(12)9(2)14/h4-6,8H,7H2,1-3H3. The molecule has 4 heteroatoms. The molecule has 0 spiro atoms. The molecule has 0 heterocycles. The molecule has 16 heavy (non-hydrogen) atoms. The Kier molecular flexibility index (Phi) is 4.43. The summed E-state index contributed by atoms with van der Waals surface area (Å²) in [5.74, 6) is -0.283. The maximum absolute atomic E-state index is 12.9. The lowest BCUT2D eigenvalue weighted by molar-refractivity contribution is 0.0708. The Morgan fingerprint density at radius 3 is 2.75 bits per heavy atom. The number of rotatable bonds is 5. The Labute approximate surface area is 94.2 Å². The van der Waals surface area contributed by atoms with Gasteiger partial charge in [0.1, 0.15) is 18.2 Å². The Morgan fingerprint density at radius 1 is 1.50 bits per heavy atom. The van der Waals surface area contributed by atoms with E-state index < -0.39 is 5.82 Å². The molecule has 0 aromatic heterocycles. The van der Waals surface area contributed by atoms with E-state index in [1.807, 2.05) is 6.92 Å². The number of benzene rings is 1. The van der Waals surface area contributed by atoms with E-state index in [1.54, 1.807) is 7.11 Å². The smallest absolute Gasteiger partial charge is 0.163 e. The summed E-state index contributed by atoms with van der Waals surface area (Å²) in [6.07, 6.45) is -0.0788. The number of halogens is 1. The van der Waals surface area contributed by atoms with Crippen LogP contribution in [0.4, 0.5) is 4.39 Å². The van der Waals surface area contributed by atoms with Gasteiger partial charge in [-0.15, -0.1) is 0 Å². The van der Waals surface area contributed by atoms with Crippen LogP contribution in [-0.2, 0) is 4.74 Å². The molecule has 1 unspecified atom stereocenters. The van der Waals surface area contributed by atoms with Gasteiger partial charge in [0.25, 0.3) is 0 Å². The second-order valence-electron chi connectivity index (χ2n) is 3.55. The summed E-state index contributed by atoms with van der Waals surface area (Å²) in [5.41, 5.74) is 0.253. The van der Waals surface area contributed by atoms with Crippen LogP contribution in [0.25, 0.3) is 0 Å². The van der Waals surface area contributed by atoms with Gasteiger partial charge in [0.05, 0.1) is 11.7 Å². The molecule has 0 aliphatic carbocycles. The fourth-order valence-corrected chi connectivity index (χ4v) is 1.18. The normalized spacial score (nSPS) is 12.2. The van der Waals surface area contributed by atoms with Crippen LogP contribution >= 0.6 is 0 Å². The third kappa shape index (κ3) is 3.31. The number of ketones is 1. The Balaban J connectivity index is 2.82. The molecule has 0 fully saturated rings. The van der Waals surface area contributed by atoms with Crippen molar-refractivity contribution in [2.24, 2.45) is 0 Å². The lowest BCUT2D eigenvalue weighted by Crippen LogP contribution is -2.17. The maximum atomic E-state index is 12.9. The zero-order chi connectivity index (χ0) is 12.1. The van der Waals surface area contributed by atoms with Crippen molar-refractivity contribution in [1.29, 1.82) is 0 Å². The first-order chi connectivity index (χ1) is 7.54. The summed E-state index contributed by atoms with van der Waals surface area (Å²) >= 11 is 0. The number of ether oxygens (including phenoxy) is 2. The molecule has 1 rings (SSSR count). The number of hydrogen-bond donors (Lipinski definition) is 0. The molecule has 1 aromatic rings. The van der Waals surface area contributed by atoms with Crippen LogP contribution in [0.15, 0.2) is 18.2 Å². The zero-order valence-corrected chi connectivity index (χ0v) is 9.62. The SMILES string of the molecule is COC(C)COc1ccc(F)cc1C(C)=O. The van der Waals surface area contributed by atoms with E-state index in [0.717, 1.165) is 0 Å². The van der Waals surface area contributed by atoms with E-state index in [1.165, 1.54) is 25.1 Å². The lowest BCUT2D eigenvalue weighted by Gasteiger charge is -2.13. The number of methoxy groups -OCH3 is 1. The molecule has 0 saturated heterocycles. The molecular weight excluding hydrogens is 211 g/mol. The summed E-state index contributed by atoms with van der Waals surface area (Å²) < 4.78 is 23.3. The van der Waals surface area contributed by atoms with Gasteiger partial charge < -0.3 is 9.47 Å². The Hall–Kier alpha value is -1.42. The Bertz CT molecular complexity index is 377. The number of Topliss-reactive ketones (excluding diaryl/α,β-unsaturated/α-hetero) is 1. The maximum Gasteiger partial charge on any atom is 0.163 e. The first-order valence-corrected chi connectivity index (χ1v) is 5.00. The average Bonchev–Trinajstić information content (AvgIpc) is 2.26. The predicted octanol–water partition coefficient (Wildman–Crippen LogP) is 2.44. The molecule has 0 radical (unpaired) electrons. The highest BCUT2D eigenvalue weighted by molar-refractivity contribution is 5.96. The van der Waals surface area contributed by atoms with Gasteiger partial charge in [-0.05, 0) is 32.0 Å². The highest BCUT2D eigenvalue weighted by Gasteiger charge is 2.11. The second kappa shape index (κ2) is 5.61. The summed E-state index contributed by atoms with van der Waals surface area (Å²) in [6, 6.07) is 3.89. The van der Waals surface area contributed by atoms with Crippen molar-refractivity contribution in [2.75, 3.05) is 13.7 Å². The zero-order valence-electron chi connectivity index (χ0n) is 9.62. The average molecular weight is 226 g/mol.